The van der Waals surface area contributed by atoms with Crippen molar-refractivity contribution in [1.82, 2.24) is 0 Å². The fourth-order valence-corrected chi connectivity index (χ4v) is 4.24. The van der Waals surface area contributed by atoms with Crippen LogP contribution in [0.5, 0.6) is 28.7 Å². The molecule has 3 aromatic rings. The smallest absolute Gasteiger partial charge is 0.347 e. The van der Waals surface area contributed by atoms with E-state index in [9.17, 15) is 9.90 Å². The summed E-state index contributed by atoms with van der Waals surface area (Å²) < 4.78 is 33.7. The Hall–Kier alpha value is -3.39. The van der Waals surface area contributed by atoms with Crippen LogP contribution in [0, 0.1) is 5.92 Å². The molecule has 170 valence electrons. The van der Waals surface area contributed by atoms with Gasteiger partial charge in [-0.1, -0.05) is 19.9 Å². The number of hydrogen-bond acceptors (Lipinski definition) is 8. The van der Waals surface area contributed by atoms with Crippen LogP contribution in [0.2, 0.25) is 0 Å². The molecule has 2 aromatic carbocycles. The van der Waals surface area contributed by atoms with Gasteiger partial charge in [-0.15, -0.1) is 0 Å². The van der Waals surface area contributed by atoms with Gasteiger partial charge in [-0.3, -0.25) is 0 Å². The maximum Gasteiger partial charge on any atom is 0.347 e. The molecule has 0 radical (unpaired) electrons. The average molecular weight is 442 g/mol. The van der Waals surface area contributed by atoms with Crippen LogP contribution in [0.1, 0.15) is 25.5 Å². The van der Waals surface area contributed by atoms with Crippen molar-refractivity contribution in [1.29, 1.82) is 0 Å². The number of hydrogen-bond donors (Lipinski definition) is 1. The first-order chi connectivity index (χ1) is 15.4. The zero-order valence-corrected chi connectivity index (χ0v) is 18.8. The molecular weight excluding hydrogens is 416 g/mol. The molecule has 0 bridgehead atoms. The van der Waals surface area contributed by atoms with Crippen LogP contribution in [-0.4, -0.2) is 39.6 Å². The van der Waals surface area contributed by atoms with Gasteiger partial charge < -0.3 is 33.2 Å². The van der Waals surface area contributed by atoms with Crippen LogP contribution in [0.15, 0.2) is 33.5 Å². The summed E-state index contributed by atoms with van der Waals surface area (Å²) in [5.41, 5.74) is 0.532. The highest BCUT2D eigenvalue weighted by Gasteiger charge is 2.41. The summed E-state index contributed by atoms with van der Waals surface area (Å²) in [6.07, 6.45) is -0.653. The van der Waals surface area contributed by atoms with E-state index in [0.29, 0.717) is 34.1 Å². The molecule has 1 aliphatic heterocycles. The predicted molar refractivity (Wildman–Crippen MR) is 118 cm³/mol. The fraction of sp³-hybridized carbons (Fsp3) is 0.375. The summed E-state index contributed by atoms with van der Waals surface area (Å²) in [7, 11) is 6.10. The van der Waals surface area contributed by atoms with Crippen molar-refractivity contribution in [3.63, 3.8) is 0 Å². The Morgan fingerprint density at radius 2 is 1.72 bits per heavy atom. The molecule has 0 unspecified atom stereocenters. The minimum Gasteiger partial charge on any atom is -0.506 e. The lowest BCUT2D eigenvalue weighted by Gasteiger charge is -2.21. The summed E-state index contributed by atoms with van der Waals surface area (Å²) in [5.74, 6) is 1.65. The number of rotatable bonds is 6. The monoisotopic (exact) mass is 442 g/mol. The van der Waals surface area contributed by atoms with Crippen molar-refractivity contribution < 1.29 is 33.2 Å². The Balaban J connectivity index is 2.01. The molecule has 0 saturated carbocycles. The standard InChI is InChI=1S/C24H26O8/c1-11(2)21-23(30-6)19-16(31-21)10-15-18(22(19)29-5)20(25)17(24(26)32-15)12-7-8-13(27-3)14(9-12)28-4/h7-11,21,23,25H,1-6H3/t21-,23+/m0/s1. The Bertz CT molecular complexity index is 1230. The van der Waals surface area contributed by atoms with Gasteiger partial charge in [0.15, 0.2) is 11.5 Å². The van der Waals surface area contributed by atoms with E-state index >= 15 is 0 Å². The predicted octanol–water partition coefficient (Wildman–Crippen LogP) is 4.30. The Labute approximate surface area is 185 Å². The van der Waals surface area contributed by atoms with Gasteiger partial charge in [-0.25, -0.2) is 4.79 Å². The van der Waals surface area contributed by atoms with Crippen molar-refractivity contribution in [3.8, 4) is 39.9 Å². The van der Waals surface area contributed by atoms with Crippen LogP contribution in [0.4, 0.5) is 0 Å². The number of methoxy groups -OCH3 is 4. The number of aromatic hydroxyl groups is 1. The molecule has 1 aliphatic rings. The first kappa shape index (κ1) is 21.8. The summed E-state index contributed by atoms with van der Waals surface area (Å²) in [5, 5.41) is 11.5. The quantitative estimate of drug-likeness (QED) is 0.565. The second-order valence-corrected chi connectivity index (χ2v) is 7.86. The second kappa shape index (κ2) is 8.27. The van der Waals surface area contributed by atoms with E-state index in [-0.39, 0.29) is 34.3 Å². The lowest BCUT2D eigenvalue weighted by Crippen LogP contribution is -2.26. The first-order valence-electron chi connectivity index (χ1n) is 10.2. The highest BCUT2D eigenvalue weighted by Crippen LogP contribution is 2.52. The molecule has 2 heterocycles. The molecule has 0 aliphatic carbocycles. The molecule has 0 spiro atoms. The molecule has 4 rings (SSSR count). The zero-order chi connectivity index (χ0) is 23.2. The third-order valence-electron chi connectivity index (χ3n) is 5.76. The van der Waals surface area contributed by atoms with Gasteiger partial charge in [-0.05, 0) is 23.6 Å². The van der Waals surface area contributed by atoms with Crippen LogP contribution < -0.4 is 24.6 Å². The van der Waals surface area contributed by atoms with E-state index in [2.05, 4.69) is 0 Å². The average Bonchev–Trinajstić information content (AvgIpc) is 3.16. The molecule has 0 fully saturated rings. The van der Waals surface area contributed by atoms with E-state index in [1.165, 1.54) is 21.3 Å². The van der Waals surface area contributed by atoms with Crippen molar-refractivity contribution in [3.05, 3.63) is 40.2 Å². The third kappa shape index (κ3) is 3.22. The maximum absolute atomic E-state index is 12.9. The molecule has 0 saturated heterocycles. The molecule has 2 atom stereocenters. The maximum atomic E-state index is 12.9. The Morgan fingerprint density at radius 1 is 1.00 bits per heavy atom. The third-order valence-corrected chi connectivity index (χ3v) is 5.76. The second-order valence-electron chi connectivity index (χ2n) is 7.86. The topological polar surface area (TPSA) is 96.6 Å². The normalized spacial score (nSPS) is 17.3. The van der Waals surface area contributed by atoms with Gasteiger partial charge in [0, 0.05) is 13.2 Å². The van der Waals surface area contributed by atoms with E-state index < -0.39 is 11.7 Å². The van der Waals surface area contributed by atoms with Gasteiger partial charge >= 0.3 is 5.63 Å². The van der Waals surface area contributed by atoms with Crippen molar-refractivity contribution in [2.75, 3.05) is 28.4 Å². The van der Waals surface area contributed by atoms with E-state index in [4.69, 9.17) is 28.1 Å². The van der Waals surface area contributed by atoms with Gasteiger partial charge in [0.1, 0.15) is 46.0 Å². The SMILES string of the molecule is COc1ccc(-c2c(O)c3c(OC)c4c(cc3oc2=O)O[C@@H](C(C)C)[C@@H]4OC)cc1OC. The fourth-order valence-electron chi connectivity index (χ4n) is 4.24. The van der Waals surface area contributed by atoms with Crippen LogP contribution in [0.25, 0.3) is 22.1 Å². The van der Waals surface area contributed by atoms with E-state index in [1.807, 2.05) is 13.8 Å². The van der Waals surface area contributed by atoms with Crippen LogP contribution >= 0.6 is 0 Å². The number of benzene rings is 2. The summed E-state index contributed by atoms with van der Waals surface area (Å²) in [4.78, 5) is 12.9. The van der Waals surface area contributed by atoms with Crippen LogP contribution in [-0.2, 0) is 4.74 Å². The van der Waals surface area contributed by atoms with Crippen LogP contribution in [0.3, 0.4) is 0 Å². The number of fused-ring (bicyclic) bond motifs is 2. The molecule has 32 heavy (non-hydrogen) atoms. The van der Waals surface area contributed by atoms with Crippen molar-refractivity contribution in [2.24, 2.45) is 5.92 Å². The molecule has 1 N–H and O–H groups in total. The largest absolute Gasteiger partial charge is 0.506 e. The molecule has 8 nitrogen and oxygen atoms in total. The molecule has 1 aromatic heterocycles. The highest BCUT2D eigenvalue weighted by molar-refractivity contribution is 5.97. The minimum absolute atomic E-state index is 0.00926. The van der Waals surface area contributed by atoms with E-state index in [0.717, 1.165) is 0 Å². The van der Waals surface area contributed by atoms with Gasteiger partial charge in [0.05, 0.1) is 26.9 Å². The highest BCUT2D eigenvalue weighted by atomic mass is 16.6. The Morgan fingerprint density at radius 3 is 2.31 bits per heavy atom. The van der Waals surface area contributed by atoms with Gasteiger partial charge in [0.2, 0.25) is 0 Å². The number of ether oxygens (including phenoxy) is 5. The van der Waals surface area contributed by atoms with Crippen molar-refractivity contribution >= 4 is 11.0 Å². The molecule has 0 amide bonds. The summed E-state index contributed by atoms with van der Waals surface area (Å²) >= 11 is 0. The molecule has 8 heteroatoms. The summed E-state index contributed by atoms with van der Waals surface area (Å²) in [6.45, 7) is 4.06. The summed E-state index contributed by atoms with van der Waals surface area (Å²) in [6, 6.07) is 6.50. The van der Waals surface area contributed by atoms with Gasteiger partial charge in [0.25, 0.3) is 0 Å². The lowest BCUT2D eigenvalue weighted by atomic mass is 9.95. The molecular formula is C24H26O8. The van der Waals surface area contributed by atoms with Crippen molar-refractivity contribution in [2.45, 2.75) is 26.1 Å². The first-order valence-corrected chi connectivity index (χ1v) is 10.2. The lowest BCUT2D eigenvalue weighted by molar-refractivity contribution is 0.00423. The van der Waals surface area contributed by atoms with E-state index in [1.54, 1.807) is 31.4 Å². The minimum atomic E-state index is -0.703. The van der Waals surface area contributed by atoms with Gasteiger partial charge in [-0.2, -0.15) is 0 Å². The Kier molecular flexibility index (Phi) is 5.64. The zero-order valence-electron chi connectivity index (χ0n) is 18.8.